The third kappa shape index (κ3) is 87.7. The van der Waals surface area contributed by atoms with Crippen LogP contribution in [0.3, 0.4) is 0 Å². The molecule has 5 atom stereocenters. The largest absolute Gasteiger partial charge is 0.472 e. The molecule has 0 rings (SSSR count). The fourth-order valence-corrected chi connectivity index (χ4v) is 16.5. The number of carbonyl (C=O) groups excluding carboxylic acids is 4. The molecule has 0 aromatic carbocycles. The fourth-order valence-electron chi connectivity index (χ4n) is 14.9. The first-order valence-electron chi connectivity index (χ1n) is 48.6. The Kier molecular flexibility index (Phi) is 85.0. The van der Waals surface area contributed by atoms with Gasteiger partial charge in [0.2, 0.25) is 0 Å². The van der Waals surface area contributed by atoms with E-state index in [1.807, 2.05) is 0 Å². The molecule has 0 aromatic rings. The maximum Gasteiger partial charge on any atom is 0.472 e. The molecule has 0 aliphatic carbocycles. The molecule has 0 aromatic heterocycles. The SMILES string of the molecule is CCCCCCCCCCCCCCCCCCCCCCCCC(=O)O[C@H](COC(=O)CCCCCCCCCCCCCCCCCCCCCCC)COP(=O)(O)OC[C@@H](O)COP(=O)(O)OC[C@@H](COC(=O)CCCCCCCCCCCCCCC)OC(=O)CCCCCCCCCCCCCCCCC(C)C. The minimum absolute atomic E-state index is 0.109. The van der Waals surface area contributed by atoms with Crippen LogP contribution in [-0.4, -0.2) is 96.7 Å². The van der Waals surface area contributed by atoms with Crippen molar-refractivity contribution >= 4 is 39.5 Å². The molecule has 0 saturated carbocycles. The van der Waals surface area contributed by atoms with Crippen molar-refractivity contribution in [3.05, 3.63) is 0 Å². The number of hydrogen-bond donors (Lipinski definition) is 3. The van der Waals surface area contributed by atoms with Crippen LogP contribution in [0.5, 0.6) is 0 Å². The number of hydrogen-bond acceptors (Lipinski definition) is 15. The third-order valence-corrected chi connectivity index (χ3v) is 24.2. The second-order valence-corrected chi connectivity index (χ2v) is 37.1. The van der Waals surface area contributed by atoms with Gasteiger partial charge in [0.05, 0.1) is 26.4 Å². The molecular weight excluding hydrogens is 1460 g/mol. The number of carbonyl (C=O) groups is 4. The maximum atomic E-state index is 13.2. The Labute approximate surface area is 696 Å². The van der Waals surface area contributed by atoms with Gasteiger partial charge in [-0.3, -0.25) is 37.3 Å². The zero-order valence-electron chi connectivity index (χ0n) is 74.5. The molecule has 19 heteroatoms. The van der Waals surface area contributed by atoms with Crippen molar-refractivity contribution in [2.45, 2.75) is 534 Å². The average molecular weight is 1650 g/mol. The van der Waals surface area contributed by atoms with Gasteiger partial charge < -0.3 is 33.8 Å². The van der Waals surface area contributed by atoms with E-state index < -0.39 is 97.5 Å². The first kappa shape index (κ1) is 111. The minimum atomic E-state index is -4.97. The van der Waals surface area contributed by atoms with Crippen molar-refractivity contribution in [3.63, 3.8) is 0 Å². The number of ether oxygens (including phenoxy) is 4. The number of esters is 4. The Morgan fingerprint density at radius 2 is 0.407 bits per heavy atom. The molecule has 0 aliphatic rings. The standard InChI is InChI=1S/C94H184O17P2/c1-6-9-12-15-18-21-24-27-29-31-33-35-37-39-41-43-49-54-59-64-69-74-79-93(98)110-90(84-105-92(97)78-73-68-63-58-53-48-42-40-38-36-34-32-30-28-25-22-19-16-13-10-7-2)86-109-113(102,103)107-82-88(95)81-106-112(100,101)108-85-89(83-104-91(96)77-72-67-62-57-52-46-26-23-20-17-14-11-8-3)111-94(99)80-75-70-65-60-55-50-45-44-47-51-56-61-66-71-76-87(4)5/h87-90,95H,6-86H2,1-5H3,(H,100,101)(H,102,103)/t88-,89+,90+/m0/s1. The lowest BCUT2D eigenvalue weighted by Crippen LogP contribution is -2.30. The first-order valence-corrected chi connectivity index (χ1v) is 51.6. The van der Waals surface area contributed by atoms with Crippen LogP contribution in [0.4, 0.5) is 0 Å². The van der Waals surface area contributed by atoms with Crippen LogP contribution in [0.15, 0.2) is 0 Å². The van der Waals surface area contributed by atoms with Crippen molar-refractivity contribution in [2.75, 3.05) is 39.6 Å². The summed E-state index contributed by atoms with van der Waals surface area (Å²) < 4.78 is 69.2. The Balaban J connectivity index is 5.25. The summed E-state index contributed by atoms with van der Waals surface area (Å²) in [7, 11) is -9.94. The number of aliphatic hydroxyl groups is 1. The molecule has 0 spiro atoms. The van der Waals surface area contributed by atoms with Gasteiger partial charge in [0.25, 0.3) is 0 Å². The van der Waals surface area contributed by atoms with Crippen molar-refractivity contribution in [1.82, 2.24) is 0 Å². The normalized spacial score (nSPS) is 13.6. The monoisotopic (exact) mass is 1650 g/mol. The number of phosphoric acid groups is 2. The predicted molar refractivity (Wildman–Crippen MR) is 469 cm³/mol. The average Bonchev–Trinajstić information content (AvgIpc) is 0.895. The molecule has 0 saturated heterocycles. The molecule has 0 aliphatic heterocycles. The van der Waals surface area contributed by atoms with Gasteiger partial charge in [0.1, 0.15) is 19.3 Å². The van der Waals surface area contributed by atoms with Gasteiger partial charge in [-0.15, -0.1) is 0 Å². The Bertz CT molecular complexity index is 2140. The van der Waals surface area contributed by atoms with Crippen molar-refractivity contribution in [1.29, 1.82) is 0 Å². The highest BCUT2D eigenvalue weighted by atomic mass is 31.2. The van der Waals surface area contributed by atoms with E-state index in [9.17, 15) is 43.2 Å². The van der Waals surface area contributed by atoms with Crippen LogP contribution >= 0.6 is 15.6 Å². The van der Waals surface area contributed by atoms with Gasteiger partial charge in [0.15, 0.2) is 12.2 Å². The summed E-state index contributed by atoms with van der Waals surface area (Å²) in [5.74, 6) is -1.29. The smallest absolute Gasteiger partial charge is 0.462 e. The fraction of sp³-hybridized carbons (Fsp3) is 0.957. The quantitative estimate of drug-likeness (QED) is 0.0222. The number of phosphoric ester groups is 2. The van der Waals surface area contributed by atoms with Crippen molar-refractivity contribution < 1.29 is 80.2 Å². The molecular formula is C94H184O17P2. The van der Waals surface area contributed by atoms with E-state index in [1.54, 1.807) is 0 Å². The van der Waals surface area contributed by atoms with Crippen LogP contribution in [0.2, 0.25) is 0 Å². The molecule has 0 heterocycles. The lowest BCUT2D eigenvalue weighted by Gasteiger charge is -2.21. The summed E-state index contributed by atoms with van der Waals surface area (Å²) in [6.07, 6.45) is 83.5. The van der Waals surface area contributed by atoms with E-state index in [2.05, 4.69) is 34.6 Å². The lowest BCUT2D eigenvalue weighted by atomic mass is 10.0. The van der Waals surface area contributed by atoms with E-state index >= 15 is 0 Å². The zero-order valence-corrected chi connectivity index (χ0v) is 76.3. The second-order valence-electron chi connectivity index (χ2n) is 34.2. The molecule has 113 heavy (non-hydrogen) atoms. The minimum Gasteiger partial charge on any atom is -0.462 e. The molecule has 0 amide bonds. The highest BCUT2D eigenvalue weighted by molar-refractivity contribution is 7.47. The highest BCUT2D eigenvalue weighted by Gasteiger charge is 2.31. The molecule has 2 unspecified atom stereocenters. The van der Waals surface area contributed by atoms with Crippen molar-refractivity contribution in [3.8, 4) is 0 Å². The van der Waals surface area contributed by atoms with Crippen LogP contribution in [0, 0.1) is 5.92 Å². The van der Waals surface area contributed by atoms with Gasteiger partial charge >= 0.3 is 39.5 Å². The van der Waals surface area contributed by atoms with E-state index in [0.29, 0.717) is 25.7 Å². The highest BCUT2D eigenvalue weighted by Crippen LogP contribution is 2.45. The summed E-state index contributed by atoms with van der Waals surface area (Å²) in [6.45, 7) is 7.43. The molecule has 17 nitrogen and oxygen atoms in total. The van der Waals surface area contributed by atoms with Gasteiger partial charge in [0, 0.05) is 25.7 Å². The van der Waals surface area contributed by atoms with E-state index in [1.165, 1.54) is 340 Å². The Morgan fingerprint density at radius 3 is 0.602 bits per heavy atom. The first-order chi connectivity index (χ1) is 55.0. The summed E-state index contributed by atoms with van der Waals surface area (Å²) in [4.78, 5) is 73.5. The van der Waals surface area contributed by atoms with E-state index in [-0.39, 0.29) is 25.7 Å². The summed E-state index contributed by atoms with van der Waals surface area (Å²) in [5.41, 5.74) is 0. The molecule has 0 fully saturated rings. The molecule has 3 N–H and O–H groups in total. The topological polar surface area (TPSA) is 237 Å². The zero-order chi connectivity index (χ0) is 82.6. The number of aliphatic hydroxyl groups excluding tert-OH is 1. The lowest BCUT2D eigenvalue weighted by molar-refractivity contribution is -0.161. The van der Waals surface area contributed by atoms with Gasteiger partial charge in [-0.25, -0.2) is 9.13 Å². The van der Waals surface area contributed by atoms with E-state index in [4.69, 9.17) is 37.0 Å². The predicted octanol–water partition coefficient (Wildman–Crippen LogP) is 29.5. The van der Waals surface area contributed by atoms with Crippen LogP contribution in [-0.2, 0) is 65.4 Å². The molecule has 672 valence electrons. The number of rotatable bonds is 94. The summed E-state index contributed by atoms with van der Waals surface area (Å²) in [5, 5.41) is 10.7. The Hall–Kier alpha value is -1.94. The van der Waals surface area contributed by atoms with Gasteiger partial charge in [-0.2, -0.15) is 0 Å². The number of unbranched alkanes of at least 4 members (excludes halogenated alkanes) is 66. The Morgan fingerprint density at radius 1 is 0.239 bits per heavy atom. The van der Waals surface area contributed by atoms with Crippen LogP contribution in [0.25, 0.3) is 0 Å². The van der Waals surface area contributed by atoms with Crippen LogP contribution < -0.4 is 0 Å². The molecule has 0 bridgehead atoms. The summed E-state index contributed by atoms with van der Waals surface area (Å²) in [6, 6.07) is 0. The van der Waals surface area contributed by atoms with Gasteiger partial charge in [-0.05, 0) is 31.6 Å². The van der Waals surface area contributed by atoms with E-state index in [0.717, 1.165) is 95.8 Å². The van der Waals surface area contributed by atoms with Crippen LogP contribution in [0.1, 0.15) is 516 Å². The molecule has 0 radical (unpaired) electrons. The van der Waals surface area contributed by atoms with Gasteiger partial charge in [-0.1, -0.05) is 465 Å². The third-order valence-electron chi connectivity index (χ3n) is 22.3. The maximum absolute atomic E-state index is 13.2. The second kappa shape index (κ2) is 86.4. The summed E-state index contributed by atoms with van der Waals surface area (Å²) >= 11 is 0. The van der Waals surface area contributed by atoms with Crippen molar-refractivity contribution in [2.24, 2.45) is 5.92 Å².